The molecule has 0 spiro atoms. The Morgan fingerprint density at radius 2 is 1.87 bits per heavy atom. The second-order valence-corrected chi connectivity index (χ2v) is 12.7. The zero-order chi connectivity index (χ0) is 27.6. The molecule has 0 aliphatic rings. The quantitative estimate of drug-likeness (QED) is 0.225. The number of benzene rings is 2. The van der Waals surface area contributed by atoms with Crippen LogP contribution in [0.25, 0.3) is 21.8 Å². The van der Waals surface area contributed by atoms with Gasteiger partial charge in [0.1, 0.15) is 11.6 Å². The van der Waals surface area contributed by atoms with Crippen LogP contribution in [0.2, 0.25) is 5.02 Å². The van der Waals surface area contributed by atoms with E-state index >= 15 is 0 Å². The van der Waals surface area contributed by atoms with Crippen LogP contribution in [0.4, 0.5) is 20.4 Å². The van der Waals surface area contributed by atoms with Crippen LogP contribution in [0.3, 0.4) is 0 Å². The van der Waals surface area contributed by atoms with Crippen molar-refractivity contribution in [1.82, 2.24) is 15.0 Å². The van der Waals surface area contributed by atoms with E-state index in [0.29, 0.717) is 34.5 Å². The van der Waals surface area contributed by atoms with Crippen LogP contribution >= 0.6 is 22.9 Å². The Hall–Kier alpha value is -2.95. The average Bonchev–Trinajstić information content (AvgIpc) is 3.32. The molecule has 2 aromatic heterocycles. The third kappa shape index (κ3) is 6.36. The molecule has 2 N–H and O–H groups in total. The van der Waals surface area contributed by atoms with E-state index in [4.69, 9.17) is 21.6 Å². The highest BCUT2D eigenvalue weighted by Gasteiger charge is 2.26. The van der Waals surface area contributed by atoms with Crippen molar-refractivity contribution in [3.63, 3.8) is 0 Å². The van der Waals surface area contributed by atoms with Gasteiger partial charge in [-0.25, -0.2) is 27.9 Å². The first-order chi connectivity index (χ1) is 17.9. The highest BCUT2D eigenvalue weighted by molar-refractivity contribution is 7.86. The summed E-state index contributed by atoms with van der Waals surface area (Å²) in [6.45, 7) is 11.2. The van der Waals surface area contributed by atoms with E-state index in [9.17, 15) is 13.0 Å². The fraction of sp³-hybridized carbons (Fsp3) is 0.296. The summed E-state index contributed by atoms with van der Waals surface area (Å²) in [5.41, 5.74) is 1.95. The molecule has 1 atom stereocenters. The molecule has 0 amide bonds. The SMILES string of the molecule is CC(C)CNc1nccc(-c2sc(C(C)(C)C)nc2-c2cccc(NS(=O)c3cc(F)ccc3F)c2Cl)n1. The highest BCUT2D eigenvalue weighted by Crippen LogP contribution is 2.44. The number of aromatic nitrogens is 3. The van der Waals surface area contributed by atoms with Gasteiger partial charge in [0.15, 0.2) is 11.0 Å². The monoisotopic (exact) mass is 575 g/mol. The fourth-order valence-electron chi connectivity index (χ4n) is 3.43. The van der Waals surface area contributed by atoms with E-state index in [1.807, 2.05) is 12.1 Å². The van der Waals surface area contributed by atoms with Gasteiger partial charge < -0.3 is 5.32 Å². The summed E-state index contributed by atoms with van der Waals surface area (Å²) < 4.78 is 43.4. The minimum absolute atomic E-state index is 0.234. The molecular weight excluding hydrogens is 548 g/mol. The summed E-state index contributed by atoms with van der Waals surface area (Å²) in [5.74, 6) is -0.534. The molecule has 6 nitrogen and oxygen atoms in total. The summed E-state index contributed by atoms with van der Waals surface area (Å²) in [6, 6.07) is 9.78. The van der Waals surface area contributed by atoms with Gasteiger partial charge in [0.2, 0.25) is 5.95 Å². The van der Waals surface area contributed by atoms with Gasteiger partial charge >= 0.3 is 0 Å². The largest absolute Gasteiger partial charge is 0.354 e. The number of rotatable bonds is 8. The molecule has 0 aliphatic heterocycles. The van der Waals surface area contributed by atoms with Gasteiger partial charge in [-0.05, 0) is 36.2 Å². The van der Waals surface area contributed by atoms with Crippen molar-refractivity contribution in [2.45, 2.75) is 44.9 Å². The van der Waals surface area contributed by atoms with Crippen molar-refractivity contribution < 1.29 is 13.0 Å². The van der Waals surface area contributed by atoms with E-state index in [1.165, 1.54) is 11.3 Å². The molecule has 0 bridgehead atoms. The van der Waals surface area contributed by atoms with Gasteiger partial charge in [-0.1, -0.05) is 58.4 Å². The van der Waals surface area contributed by atoms with Crippen molar-refractivity contribution in [2.24, 2.45) is 5.92 Å². The molecule has 2 aromatic carbocycles. The lowest BCUT2D eigenvalue weighted by Gasteiger charge is -2.14. The Kier molecular flexibility index (Phi) is 8.44. The van der Waals surface area contributed by atoms with Gasteiger partial charge in [0.05, 0.1) is 36.9 Å². The van der Waals surface area contributed by atoms with E-state index in [2.05, 4.69) is 49.6 Å². The van der Waals surface area contributed by atoms with Gasteiger partial charge in [-0.2, -0.15) is 0 Å². The van der Waals surface area contributed by atoms with Gasteiger partial charge in [-0.3, -0.25) is 4.72 Å². The standard InChI is InChI=1S/C27H28ClF2N5OS2/c1-15(2)14-32-26-31-12-11-20(33-26)24-23(34-25(37-24)27(3,4)5)17-7-6-8-19(22(17)28)35-38(36)21-13-16(29)9-10-18(21)30/h6-13,15,35H,14H2,1-5H3,(H,31,32,33). The van der Waals surface area contributed by atoms with E-state index in [0.717, 1.165) is 34.6 Å². The Balaban J connectivity index is 1.77. The number of thiazole rings is 1. The Bertz CT molecular complexity index is 1490. The molecule has 0 fully saturated rings. The maximum absolute atomic E-state index is 14.2. The zero-order valence-corrected chi connectivity index (χ0v) is 24.0. The van der Waals surface area contributed by atoms with Crippen molar-refractivity contribution >= 4 is 45.6 Å². The molecule has 1 unspecified atom stereocenters. The molecule has 4 rings (SSSR count). The van der Waals surface area contributed by atoms with Crippen LogP contribution in [0.15, 0.2) is 53.6 Å². The van der Waals surface area contributed by atoms with Gasteiger partial charge in [0, 0.05) is 23.7 Å². The van der Waals surface area contributed by atoms with E-state index < -0.39 is 22.6 Å². The third-order valence-electron chi connectivity index (χ3n) is 5.37. The molecule has 0 saturated carbocycles. The first-order valence-corrected chi connectivity index (χ1v) is 14.3. The lowest BCUT2D eigenvalue weighted by Crippen LogP contribution is -2.10. The second-order valence-electron chi connectivity index (χ2n) is 10.1. The number of hydrogen-bond acceptors (Lipinski definition) is 6. The van der Waals surface area contributed by atoms with Crippen molar-refractivity contribution in [3.8, 4) is 21.8 Å². The predicted octanol–water partition coefficient (Wildman–Crippen LogP) is 7.70. The minimum atomic E-state index is -2.09. The molecule has 0 saturated heterocycles. The molecule has 2 heterocycles. The van der Waals surface area contributed by atoms with E-state index in [1.54, 1.807) is 18.3 Å². The van der Waals surface area contributed by atoms with Crippen LogP contribution in [0.1, 0.15) is 39.6 Å². The lowest BCUT2D eigenvalue weighted by molar-refractivity contribution is 0.572. The Morgan fingerprint density at radius 1 is 1.11 bits per heavy atom. The predicted molar refractivity (Wildman–Crippen MR) is 152 cm³/mol. The molecule has 38 heavy (non-hydrogen) atoms. The van der Waals surface area contributed by atoms with Crippen molar-refractivity contribution in [2.75, 3.05) is 16.6 Å². The normalized spacial score (nSPS) is 12.6. The second kappa shape index (κ2) is 11.4. The van der Waals surface area contributed by atoms with Gasteiger partial charge in [-0.15, -0.1) is 11.3 Å². The number of hydrogen-bond donors (Lipinski definition) is 2. The Labute approximate surface area is 232 Å². The van der Waals surface area contributed by atoms with Crippen LogP contribution in [-0.2, 0) is 16.4 Å². The molecular formula is C27H28ClF2N5OS2. The summed E-state index contributed by atoms with van der Waals surface area (Å²) in [5, 5.41) is 4.39. The first-order valence-electron chi connectivity index (χ1n) is 11.9. The van der Waals surface area contributed by atoms with Crippen LogP contribution in [0.5, 0.6) is 0 Å². The van der Waals surface area contributed by atoms with Crippen molar-refractivity contribution in [3.05, 3.63) is 70.3 Å². The number of halogens is 3. The molecule has 0 radical (unpaired) electrons. The van der Waals surface area contributed by atoms with Crippen LogP contribution in [-0.4, -0.2) is 25.7 Å². The average molecular weight is 576 g/mol. The molecule has 0 aliphatic carbocycles. The third-order valence-corrected chi connectivity index (χ3v) is 8.40. The van der Waals surface area contributed by atoms with E-state index in [-0.39, 0.29) is 15.3 Å². The summed E-state index contributed by atoms with van der Waals surface area (Å²) in [6.07, 6.45) is 1.70. The summed E-state index contributed by atoms with van der Waals surface area (Å²) >= 11 is 8.32. The highest BCUT2D eigenvalue weighted by atomic mass is 35.5. The first kappa shape index (κ1) is 28.1. The minimum Gasteiger partial charge on any atom is -0.354 e. The number of nitrogens with one attached hydrogen (secondary N) is 2. The fourth-order valence-corrected chi connectivity index (χ4v) is 5.80. The maximum atomic E-state index is 14.2. The smallest absolute Gasteiger partial charge is 0.223 e. The molecule has 200 valence electrons. The number of anilines is 2. The maximum Gasteiger partial charge on any atom is 0.223 e. The van der Waals surface area contributed by atoms with Crippen LogP contribution in [0, 0.1) is 17.6 Å². The van der Waals surface area contributed by atoms with Crippen molar-refractivity contribution in [1.29, 1.82) is 0 Å². The Morgan fingerprint density at radius 3 is 2.58 bits per heavy atom. The topological polar surface area (TPSA) is 79.8 Å². The summed E-state index contributed by atoms with van der Waals surface area (Å²) in [4.78, 5) is 14.5. The van der Waals surface area contributed by atoms with Crippen LogP contribution < -0.4 is 10.0 Å². The zero-order valence-electron chi connectivity index (χ0n) is 21.6. The molecule has 11 heteroatoms. The molecule has 4 aromatic rings. The lowest BCUT2D eigenvalue weighted by atomic mass is 9.98. The van der Waals surface area contributed by atoms with Gasteiger partial charge in [0.25, 0.3) is 0 Å². The summed E-state index contributed by atoms with van der Waals surface area (Å²) in [7, 11) is -2.09. The number of nitrogens with zero attached hydrogens (tertiary/aromatic N) is 3.